The van der Waals surface area contributed by atoms with Crippen LogP contribution >= 0.6 is 11.8 Å². The molecule has 2 aliphatic rings. The van der Waals surface area contributed by atoms with Crippen molar-refractivity contribution in [3.63, 3.8) is 0 Å². The smallest absolute Gasteiger partial charge is 0.289 e. The highest BCUT2D eigenvalue weighted by Gasteiger charge is 2.37. The number of imidazole rings is 1. The van der Waals surface area contributed by atoms with Crippen molar-refractivity contribution in [3.8, 4) is 11.4 Å². The first-order valence-corrected chi connectivity index (χ1v) is 11.1. The number of piperidine rings is 1. The van der Waals surface area contributed by atoms with Gasteiger partial charge in [0.25, 0.3) is 11.5 Å². The second kappa shape index (κ2) is 7.26. The molecule has 1 N–H and O–H groups in total. The molecule has 1 saturated heterocycles. The van der Waals surface area contributed by atoms with E-state index in [0.717, 1.165) is 23.6 Å². The van der Waals surface area contributed by atoms with E-state index >= 15 is 0 Å². The second-order valence-electron chi connectivity index (χ2n) is 7.73. The fourth-order valence-electron chi connectivity index (χ4n) is 4.57. The van der Waals surface area contributed by atoms with E-state index in [-0.39, 0.29) is 23.3 Å². The van der Waals surface area contributed by atoms with Gasteiger partial charge in [0.1, 0.15) is 11.6 Å². The summed E-state index contributed by atoms with van der Waals surface area (Å²) in [7, 11) is 0. The van der Waals surface area contributed by atoms with E-state index in [4.69, 9.17) is 4.42 Å². The Hall–Kier alpha value is -2.74. The average Bonchev–Trinajstić information content (AvgIpc) is 3.41. The van der Waals surface area contributed by atoms with Gasteiger partial charge in [0.15, 0.2) is 5.76 Å². The minimum Gasteiger partial charge on any atom is -0.455 e. The Bertz CT molecular complexity index is 1100. The van der Waals surface area contributed by atoms with Crippen LogP contribution in [-0.4, -0.2) is 44.7 Å². The summed E-state index contributed by atoms with van der Waals surface area (Å²) in [6, 6.07) is 7.50. The molecular weight excluding hydrogens is 388 g/mol. The third-order valence-corrected chi connectivity index (χ3v) is 6.38. The molecule has 3 aromatic heterocycles. The lowest BCUT2D eigenvalue weighted by molar-refractivity contribution is 0.0562. The van der Waals surface area contributed by atoms with Crippen molar-refractivity contribution in [2.75, 3.05) is 19.3 Å². The Balaban J connectivity index is 1.41. The van der Waals surface area contributed by atoms with Crippen LogP contribution in [0.3, 0.4) is 0 Å². The van der Waals surface area contributed by atoms with Crippen molar-refractivity contribution in [1.82, 2.24) is 19.4 Å². The summed E-state index contributed by atoms with van der Waals surface area (Å²) in [6.07, 6.45) is 6.37. The van der Waals surface area contributed by atoms with Gasteiger partial charge in [0, 0.05) is 43.6 Å². The third-order valence-electron chi connectivity index (χ3n) is 5.80. The summed E-state index contributed by atoms with van der Waals surface area (Å²) in [6.45, 7) is 1.87. The maximum atomic E-state index is 13.0. The van der Waals surface area contributed by atoms with Gasteiger partial charge in [-0.1, -0.05) is 0 Å². The number of pyridine rings is 1. The zero-order chi connectivity index (χ0) is 20.0. The third kappa shape index (κ3) is 3.21. The van der Waals surface area contributed by atoms with E-state index in [1.54, 1.807) is 30.2 Å². The van der Waals surface area contributed by atoms with E-state index < -0.39 is 0 Å². The molecule has 0 saturated carbocycles. The van der Waals surface area contributed by atoms with Crippen LogP contribution in [0.1, 0.15) is 34.3 Å². The highest BCUT2D eigenvalue weighted by molar-refractivity contribution is 7.97. The molecule has 150 valence electrons. The Labute approximate surface area is 172 Å². The van der Waals surface area contributed by atoms with Crippen LogP contribution in [0.5, 0.6) is 0 Å². The fraction of sp³-hybridized carbons (Fsp3) is 0.381. The number of likely N-dealkylation sites (tertiary alicyclic amines) is 1. The number of carbonyl (C=O) groups is 1. The van der Waals surface area contributed by atoms with Crippen molar-refractivity contribution in [1.29, 1.82) is 0 Å². The standard InChI is InChI=1S/C21H22N4O3S/c1-29-12-15-2-5-18(28-15)21(27)24-9-13-8-14(11-24)17-4-3-16(19-22-6-7-23-19)20(26)25(17)10-13/h2-7,13-14H,8-12H2,1H3,(H,22,23)/t13-,14+/m0/s1. The van der Waals surface area contributed by atoms with Crippen LogP contribution in [0, 0.1) is 5.92 Å². The summed E-state index contributed by atoms with van der Waals surface area (Å²) in [5, 5.41) is 0. The largest absolute Gasteiger partial charge is 0.455 e. The Morgan fingerprint density at radius 2 is 2.17 bits per heavy atom. The number of amides is 1. The maximum absolute atomic E-state index is 13.0. The van der Waals surface area contributed by atoms with Crippen LogP contribution in [0.2, 0.25) is 0 Å². The molecular formula is C21H22N4O3S. The number of aromatic amines is 1. The van der Waals surface area contributed by atoms with E-state index in [2.05, 4.69) is 9.97 Å². The number of aromatic nitrogens is 3. The van der Waals surface area contributed by atoms with Crippen LogP contribution < -0.4 is 5.56 Å². The molecule has 0 aliphatic carbocycles. The number of thioether (sulfide) groups is 1. The first-order valence-electron chi connectivity index (χ1n) is 9.74. The van der Waals surface area contributed by atoms with Crippen molar-refractivity contribution in [2.24, 2.45) is 5.92 Å². The molecule has 2 aliphatic heterocycles. The number of rotatable bonds is 4. The molecule has 7 nitrogen and oxygen atoms in total. The molecule has 0 spiro atoms. The quantitative estimate of drug-likeness (QED) is 0.715. The summed E-state index contributed by atoms with van der Waals surface area (Å²) >= 11 is 1.66. The van der Waals surface area contributed by atoms with Crippen molar-refractivity contribution >= 4 is 17.7 Å². The number of H-pyrrole nitrogens is 1. The van der Waals surface area contributed by atoms with Crippen molar-refractivity contribution in [3.05, 3.63) is 64.2 Å². The Morgan fingerprint density at radius 3 is 2.97 bits per heavy atom. The van der Waals surface area contributed by atoms with Crippen molar-refractivity contribution < 1.29 is 9.21 Å². The molecule has 2 atom stereocenters. The molecule has 0 aromatic carbocycles. The van der Waals surface area contributed by atoms with Gasteiger partial charge in [-0.2, -0.15) is 11.8 Å². The predicted octanol–water partition coefficient (Wildman–Crippen LogP) is 2.95. The molecule has 0 radical (unpaired) electrons. The first-order chi connectivity index (χ1) is 14.1. The highest BCUT2D eigenvalue weighted by Crippen LogP contribution is 2.36. The molecule has 1 amide bonds. The second-order valence-corrected chi connectivity index (χ2v) is 8.60. The fourth-order valence-corrected chi connectivity index (χ4v) is 5.01. The first kappa shape index (κ1) is 18.3. The van der Waals surface area contributed by atoms with Crippen LogP contribution in [-0.2, 0) is 12.3 Å². The zero-order valence-electron chi connectivity index (χ0n) is 16.1. The molecule has 2 bridgehead atoms. The number of hydrogen-bond donors (Lipinski definition) is 1. The summed E-state index contributed by atoms with van der Waals surface area (Å²) in [5.74, 6) is 2.93. The number of furan rings is 1. The van der Waals surface area contributed by atoms with E-state index in [1.165, 1.54) is 0 Å². The summed E-state index contributed by atoms with van der Waals surface area (Å²) < 4.78 is 7.61. The van der Waals surface area contributed by atoms with Crippen LogP contribution in [0.4, 0.5) is 0 Å². The molecule has 5 rings (SSSR count). The molecule has 1 fully saturated rings. The van der Waals surface area contributed by atoms with Gasteiger partial charge in [-0.3, -0.25) is 9.59 Å². The summed E-state index contributed by atoms with van der Waals surface area (Å²) in [5.41, 5.74) is 1.57. The summed E-state index contributed by atoms with van der Waals surface area (Å²) in [4.78, 5) is 35.1. The molecule has 8 heteroatoms. The predicted molar refractivity (Wildman–Crippen MR) is 111 cm³/mol. The van der Waals surface area contributed by atoms with Crippen molar-refractivity contribution in [2.45, 2.75) is 24.6 Å². The monoisotopic (exact) mass is 410 g/mol. The minimum atomic E-state index is -0.0601. The molecule has 0 unspecified atom stereocenters. The lowest BCUT2D eigenvalue weighted by Crippen LogP contribution is -2.49. The van der Waals surface area contributed by atoms with Gasteiger partial charge in [0.2, 0.25) is 0 Å². The SMILES string of the molecule is CSCc1ccc(C(=O)N2C[C@@H]3C[C@H](C2)c2ccc(-c4ncc[nH]4)c(=O)n2C3)o1. The number of fused-ring (bicyclic) bond motifs is 4. The topological polar surface area (TPSA) is 84.1 Å². The molecule has 3 aromatic rings. The number of nitrogens with zero attached hydrogens (tertiary/aromatic N) is 3. The molecule has 5 heterocycles. The van der Waals surface area contributed by atoms with Gasteiger partial charge >= 0.3 is 0 Å². The molecule has 29 heavy (non-hydrogen) atoms. The number of nitrogens with one attached hydrogen (secondary N) is 1. The Kier molecular flexibility index (Phi) is 4.58. The van der Waals surface area contributed by atoms with Gasteiger partial charge in [-0.05, 0) is 42.9 Å². The maximum Gasteiger partial charge on any atom is 0.289 e. The highest BCUT2D eigenvalue weighted by atomic mass is 32.2. The van der Waals surface area contributed by atoms with E-state index in [0.29, 0.717) is 36.8 Å². The Morgan fingerprint density at radius 1 is 1.28 bits per heavy atom. The van der Waals surface area contributed by atoms with Gasteiger partial charge in [-0.15, -0.1) is 0 Å². The number of hydrogen-bond acceptors (Lipinski definition) is 5. The lowest BCUT2D eigenvalue weighted by Gasteiger charge is -2.42. The van der Waals surface area contributed by atoms with Gasteiger partial charge in [-0.25, -0.2) is 4.98 Å². The zero-order valence-corrected chi connectivity index (χ0v) is 16.9. The lowest BCUT2D eigenvalue weighted by atomic mass is 9.83. The van der Waals surface area contributed by atoms with Crippen LogP contribution in [0.15, 0.2) is 45.9 Å². The normalized spacial score (nSPS) is 20.5. The van der Waals surface area contributed by atoms with Gasteiger partial charge in [0.05, 0.1) is 11.3 Å². The van der Waals surface area contributed by atoms with Gasteiger partial charge < -0.3 is 18.9 Å². The van der Waals surface area contributed by atoms with E-state index in [9.17, 15) is 9.59 Å². The average molecular weight is 410 g/mol. The van der Waals surface area contributed by atoms with Crippen LogP contribution in [0.25, 0.3) is 11.4 Å². The number of carbonyl (C=O) groups excluding carboxylic acids is 1. The van der Waals surface area contributed by atoms with E-state index in [1.807, 2.05) is 33.9 Å². The minimum absolute atomic E-state index is 0.0142.